The Morgan fingerprint density at radius 2 is 1.73 bits per heavy atom. The molecule has 0 fully saturated rings. The van der Waals surface area contributed by atoms with Gasteiger partial charge in [0.15, 0.2) is 0 Å². The molecule has 0 N–H and O–H groups in total. The van der Waals surface area contributed by atoms with Crippen LogP contribution >= 0.6 is 0 Å². The van der Waals surface area contributed by atoms with Gasteiger partial charge in [-0.05, 0) is 5.92 Å². The third-order valence-electron chi connectivity index (χ3n) is 1.84. The first kappa shape index (κ1) is 8.44. The summed E-state index contributed by atoms with van der Waals surface area (Å²) in [6.07, 6.45) is 0. The molecule has 1 aliphatic rings. The van der Waals surface area contributed by atoms with Gasteiger partial charge in [-0.25, -0.2) is 4.99 Å². The van der Waals surface area contributed by atoms with Crippen molar-refractivity contribution in [1.82, 2.24) is 0 Å². The Labute approximate surface area is 68.4 Å². The summed E-state index contributed by atoms with van der Waals surface area (Å²) < 4.78 is 0. The topological polar surface area (TPSA) is 24.7 Å². The van der Waals surface area contributed by atoms with E-state index in [9.17, 15) is 0 Å². The van der Waals surface area contributed by atoms with Crippen LogP contribution in [0.2, 0.25) is 0 Å². The molecule has 1 heterocycles. The van der Waals surface area contributed by atoms with Crippen molar-refractivity contribution in [3.05, 3.63) is 0 Å². The molecule has 0 amide bonds. The van der Waals surface area contributed by atoms with Gasteiger partial charge in [0.05, 0.1) is 6.54 Å². The van der Waals surface area contributed by atoms with E-state index in [0.29, 0.717) is 11.8 Å². The molecule has 0 aromatic heterocycles. The Kier molecular flexibility index (Phi) is 2.42. The zero-order valence-electron chi connectivity index (χ0n) is 7.76. The number of aliphatic imine (C=N–C) groups is 2. The second-order valence-electron chi connectivity index (χ2n) is 3.59. The molecule has 0 saturated heterocycles. The Hall–Kier alpha value is -0.660. The van der Waals surface area contributed by atoms with Crippen molar-refractivity contribution in [2.24, 2.45) is 21.8 Å². The van der Waals surface area contributed by atoms with Crippen molar-refractivity contribution in [3.8, 4) is 0 Å². The highest BCUT2D eigenvalue weighted by Crippen LogP contribution is 2.10. The summed E-state index contributed by atoms with van der Waals surface area (Å²) in [6, 6.07) is 0. The third-order valence-corrected chi connectivity index (χ3v) is 1.84. The lowest BCUT2D eigenvalue weighted by atomic mass is 10.1. The molecule has 0 spiro atoms. The van der Waals surface area contributed by atoms with Crippen molar-refractivity contribution in [3.63, 3.8) is 0 Å². The van der Waals surface area contributed by atoms with E-state index in [1.807, 2.05) is 0 Å². The zero-order valence-corrected chi connectivity index (χ0v) is 7.76. The minimum atomic E-state index is 0.478. The van der Waals surface area contributed by atoms with Crippen molar-refractivity contribution in [2.45, 2.75) is 27.7 Å². The van der Waals surface area contributed by atoms with Crippen LogP contribution in [0.4, 0.5) is 0 Å². The van der Waals surface area contributed by atoms with Gasteiger partial charge >= 0.3 is 0 Å². The molecule has 0 bridgehead atoms. The highest BCUT2D eigenvalue weighted by atomic mass is 15.0. The van der Waals surface area contributed by atoms with Crippen LogP contribution in [0.25, 0.3) is 0 Å². The van der Waals surface area contributed by atoms with Gasteiger partial charge in [0.2, 0.25) is 0 Å². The highest BCUT2D eigenvalue weighted by molar-refractivity contribution is 6.05. The van der Waals surface area contributed by atoms with Gasteiger partial charge in [0, 0.05) is 11.6 Å². The summed E-state index contributed by atoms with van der Waals surface area (Å²) >= 11 is 0. The maximum absolute atomic E-state index is 4.45. The standard InChI is InChI=1S/C9H16N2/c1-6(2)8-5-10-9(11-8)7(3)4/h6-7H,5H2,1-4H3. The molecule has 2 nitrogen and oxygen atoms in total. The second kappa shape index (κ2) is 3.16. The molecule has 2 heteroatoms. The van der Waals surface area contributed by atoms with Crippen LogP contribution in [0.1, 0.15) is 27.7 Å². The maximum atomic E-state index is 4.45. The molecule has 0 aliphatic carbocycles. The van der Waals surface area contributed by atoms with Crippen molar-refractivity contribution < 1.29 is 0 Å². The fraction of sp³-hybridized carbons (Fsp3) is 0.778. The summed E-state index contributed by atoms with van der Waals surface area (Å²) in [7, 11) is 0. The van der Waals surface area contributed by atoms with E-state index < -0.39 is 0 Å². The first-order chi connectivity index (χ1) is 5.11. The first-order valence-corrected chi connectivity index (χ1v) is 4.23. The van der Waals surface area contributed by atoms with E-state index in [1.165, 1.54) is 5.71 Å². The molecule has 0 atom stereocenters. The lowest BCUT2D eigenvalue weighted by molar-refractivity contribution is 0.869. The number of hydrogen-bond donors (Lipinski definition) is 0. The van der Waals surface area contributed by atoms with Crippen molar-refractivity contribution in [2.75, 3.05) is 6.54 Å². The SMILES string of the molecule is CC(C)C1=NC(C(C)C)=NC1. The highest BCUT2D eigenvalue weighted by Gasteiger charge is 2.14. The summed E-state index contributed by atoms with van der Waals surface area (Å²) in [5.41, 5.74) is 1.23. The summed E-state index contributed by atoms with van der Waals surface area (Å²) in [6.45, 7) is 9.41. The van der Waals surface area contributed by atoms with Gasteiger partial charge in [-0.3, -0.25) is 4.99 Å². The quantitative estimate of drug-likeness (QED) is 0.579. The average Bonchev–Trinajstić information content (AvgIpc) is 2.33. The lowest BCUT2D eigenvalue weighted by Gasteiger charge is -2.01. The Morgan fingerprint density at radius 1 is 1.09 bits per heavy atom. The van der Waals surface area contributed by atoms with Gasteiger partial charge in [-0.1, -0.05) is 27.7 Å². The predicted octanol–water partition coefficient (Wildman–Crippen LogP) is 2.15. The molecule has 0 aromatic rings. The average molecular weight is 152 g/mol. The molecule has 0 unspecified atom stereocenters. The molecule has 62 valence electrons. The fourth-order valence-electron chi connectivity index (χ4n) is 1.00. The van der Waals surface area contributed by atoms with E-state index in [4.69, 9.17) is 0 Å². The van der Waals surface area contributed by atoms with E-state index in [-0.39, 0.29) is 0 Å². The van der Waals surface area contributed by atoms with Crippen LogP contribution in [-0.2, 0) is 0 Å². The summed E-state index contributed by atoms with van der Waals surface area (Å²) in [4.78, 5) is 8.80. The number of rotatable bonds is 2. The minimum absolute atomic E-state index is 0.478. The smallest absolute Gasteiger partial charge is 0.126 e. The van der Waals surface area contributed by atoms with Gasteiger partial charge in [-0.2, -0.15) is 0 Å². The normalized spacial score (nSPS) is 17.6. The van der Waals surface area contributed by atoms with E-state index in [2.05, 4.69) is 37.7 Å². The van der Waals surface area contributed by atoms with E-state index >= 15 is 0 Å². The van der Waals surface area contributed by atoms with Crippen molar-refractivity contribution >= 4 is 11.5 Å². The molecule has 1 rings (SSSR count). The van der Waals surface area contributed by atoms with Crippen LogP contribution in [0.5, 0.6) is 0 Å². The van der Waals surface area contributed by atoms with Crippen LogP contribution in [-0.4, -0.2) is 18.1 Å². The van der Waals surface area contributed by atoms with Crippen LogP contribution < -0.4 is 0 Å². The fourth-order valence-corrected chi connectivity index (χ4v) is 1.00. The van der Waals surface area contributed by atoms with Gasteiger partial charge in [-0.15, -0.1) is 0 Å². The Balaban J connectivity index is 2.63. The molecule has 0 radical (unpaired) electrons. The molecular formula is C9H16N2. The van der Waals surface area contributed by atoms with E-state index in [0.717, 1.165) is 12.4 Å². The first-order valence-electron chi connectivity index (χ1n) is 4.23. The predicted molar refractivity (Wildman–Crippen MR) is 49.4 cm³/mol. The molecule has 1 aliphatic heterocycles. The van der Waals surface area contributed by atoms with Crippen LogP contribution in [0.3, 0.4) is 0 Å². The third kappa shape index (κ3) is 1.88. The molecule has 0 saturated carbocycles. The molecule has 11 heavy (non-hydrogen) atoms. The van der Waals surface area contributed by atoms with Crippen LogP contribution in [0.15, 0.2) is 9.98 Å². The van der Waals surface area contributed by atoms with E-state index in [1.54, 1.807) is 0 Å². The lowest BCUT2D eigenvalue weighted by Crippen LogP contribution is -2.08. The second-order valence-corrected chi connectivity index (χ2v) is 3.59. The monoisotopic (exact) mass is 152 g/mol. The van der Waals surface area contributed by atoms with Gasteiger partial charge in [0.25, 0.3) is 0 Å². The number of amidine groups is 1. The van der Waals surface area contributed by atoms with Gasteiger partial charge < -0.3 is 0 Å². The largest absolute Gasteiger partial charge is 0.264 e. The Bertz CT molecular complexity index is 200. The Morgan fingerprint density at radius 3 is 2.00 bits per heavy atom. The number of hydrogen-bond acceptors (Lipinski definition) is 2. The molecule has 0 aromatic carbocycles. The number of nitrogens with zero attached hydrogens (tertiary/aromatic N) is 2. The molecular weight excluding hydrogens is 136 g/mol. The summed E-state index contributed by atoms with van der Waals surface area (Å²) in [5.74, 6) is 2.05. The maximum Gasteiger partial charge on any atom is 0.126 e. The van der Waals surface area contributed by atoms with Gasteiger partial charge in [0.1, 0.15) is 5.84 Å². The summed E-state index contributed by atoms with van der Waals surface area (Å²) in [5, 5.41) is 0. The van der Waals surface area contributed by atoms with Crippen LogP contribution in [0, 0.1) is 11.8 Å². The van der Waals surface area contributed by atoms with Crippen molar-refractivity contribution in [1.29, 1.82) is 0 Å². The zero-order chi connectivity index (χ0) is 8.43. The minimum Gasteiger partial charge on any atom is -0.264 e.